The predicted molar refractivity (Wildman–Crippen MR) is 81.2 cm³/mol. The van der Waals surface area contributed by atoms with Crippen LogP contribution < -0.4 is 10.1 Å². The Morgan fingerprint density at radius 1 is 1.24 bits per heavy atom. The summed E-state index contributed by atoms with van der Waals surface area (Å²) in [6, 6.07) is 9.40. The normalized spacial score (nSPS) is 10.7. The first-order valence-electron chi connectivity index (χ1n) is 5.91. The molecule has 0 bridgehead atoms. The summed E-state index contributed by atoms with van der Waals surface area (Å²) in [6.45, 7) is -2.61. The van der Waals surface area contributed by atoms with E-state index in [4.69, 9.17) is 11.6 Å². The Morgan fingerprint density at radius 2 is 2.00 bits per heavy atom. The number of anilines is 1. The molecule has 0 spiro atoms. The van der Waals surface area contributed by atoms with Crippen molar-refractivity contribution in [1.82, 2.24) is 0 Å². The van der Waals surface area contributed by atoms with E-state index >= 15 is 0 Å². The molecule has 21 heavy (non-hydrogen) atoms. The fraction of sp³-hybridized carbons (Fsp3) is 0.143. The highest BCUT2D eigenvalue weighted by Gasteiger charge is 2.10. The fourth-order valence-electron chi connectivity index (χ4n) is 1.71. The topological polar surface area (TPSA) is 41.5 Å². The number of phenolic OH excluding ortho intramolecular Hbond substituents is 1. The standard InChI is InChI=1S/C14H11BrClF2NO2/c15-9-1-4-13(21-14(17)18)8(5-9)7-19-10-2-3-12(20)11(16)6-10/h1-6,14,19-20H,7H2. The van der Waals surface area contributed by atoms with Gasteiger partial charge in [0.25, 0.3) is 0 Å². The molecule has 0 saturated carbocycles. The van der Waals surface area contributed by atoms with E-state index in [1.54, 1.807) is 24.3 Å². The van der Waals surface area contributed by atoms with E-state index in [1.165, 1.54) is 12.1 Å². The number of halogens is 4. The van der Waals surface area contributed by atoms with Crippen molar-refractivity contribution in [3.05, 3.63) is 51.5 Å². The van der Waals surface area contributed by atoms with Gasteiger partial charge in [-0.15, -0.1) is 0 Å². The van der Waals surface area contributed by atoms with Gasteiger partial charge in [-0.25, -0.2) is 0 Å². The lowest BCUT2D eigenvalue weighted by atomic mass is 10.2. The van der Waals surface area contributed by atoms with Gasteiger partial charge < -0.3 is 15.2 Å². The zero-order valence-electron chi connectivity index (χ0n) is 10.6. The Labute approximate surface area is 133 Å². The summed E-state index contributed by atoms with van der Waals surface area (Å²) in [5.74, 6) is 0.0805. The SMILES string of the molecule is Oc1ccc(NCc2cc(Br)ccc2OC(F)F)cc1Cl. The number of phenols is 1. The van der Waals surface area contributed by atoms with Gasteiger partial charge in [-0.05, 0) is 36.4 Å². The maximum atomic E-state index is 12.4. The van der Waals surface area contributed by atoms with Crippen molar-refractivity contribution in [3.8, 4) is 11.5 Å². The number of hydrogen-bond acceptors (Lipinski definition) is 3. The molecule has 2 aromatic carbocycles. The van der Waals surface area contributed by atoms with Crippen molar-refractivity contribution in [1.29, 1.82) is 0 Å². The Kier molecular flexibility index (Phi) is 5.25. The lowest BCUT2D eigenvalue weighted by Crippen LogP contribution is -2.07. The Bertz CT molecular complexity index is 640. The molecule has 0 aliphatic heterocycles. The maximum absolute atomic E-state index is 12.4. The van der Waals surface area contributed by atoms with Crippen molar-refractivity contribution in [3.63, 3.8) is 0 Å². The minimum atomic E-state index is -2.88. The molecule has 3 nitrogen and oxygen atoms in total. The summed E-state index contributed by atoms with van der Waals surface area (Å²) in [4.78, 5) is 0. The maximum Gasteiger partial charge on any atom is 0.387 e. The zero-order chi connectivity index (χ0) is 15.4. The van der Waals surface area contributed by atoms with Crippen LogP contribution in [0.2, 0.25) is 5.02 Å². The molecule has 0 radical (unpaired) electrons. The average molecular weight is 379 g/mol. The Morgan fingerprint density at radius 3 is 2.67 bits per heavy atom. The first-order valence-corrected chi connectivity index (χ1v) is 7.08. The number of alkyl halides is 2. The highest BCUT2D eigenvalue weighted by molar-refractivity contribution is 9.10. The smallest absolute Gasteiger partial charge is 0.387 e. The highest BCUT2D eigenvalue weighted by Crippen LogP contribution is 2.28. The Hall–Kier alpha value is -1.53. The molecule has 0 aliphatic rings. The van der Waals surface area contributed by atoms with Gasteiger partial charge in [-0.1, -0.05) is 27.5 Å². The average Bonchev–Trinajstić information content (AvgIpc) is 2.42. The van der Waals surface area contributed by atoms with Gasteiger partial charge >= 0.3 is 6.61 Å². The lowest BCUT2D eigenvalue weighted by molar-refractivity contribution is -0.0504. The van der Waals surface area contributed by atoms with Gasteiger partial charge in [0, 0.05) is 22.3 Å². The van der Waals surface area contributed by atoms with Crippen molar-refractivity contribution in [2.45, 2.75) is 13.2 Å². The van der Waals surface area contributed by atoms with E-state index < -0.39 is 6.61 Å². The van der Waals surface area contributed by atoms with Crippen LogP contribution >= 0.6 is 27.5 Å². The van der Waals surface area contributed by atoms with E-state index in [0.29, 0.717) is 11.3 Å². The van der Waals surface area contributed by atoms with Gasteiger partial charge in [0.1, 0.15) is 11.5 Å². The third-order valence-corrected chi connectivity index (χ3v) is 3.47. The molecular formula is C14H11BrClF2NO2. The summed E-state index contributed by atoms with van der Waals surface area (Å²) < 4.78 is 29.9. The first-order chi connectivity index (χ1) is 9.95. The van der Waals surface area contributed by atoms with Crippen LogP contribution in [-0.2, 0) is 6.54 Å². The molecule has 0 amide bonds. The third-order valence-electron chi connectivity index (χ3n) is 2.67. The number of nitrogens with one attached hydrogen (secondary N) is 1. The van der Waals surface area contributed by atoms with E-state index in [1.807, 2.05) is 0 Å². The molecule has 0 unspecified atom stereocenters. The molecule has 7 heteroatoms. The van der Waals surface area contributed by atoms with Gasteiger partial charge in [0.15, 0.2) is 0 Å². The van der Waals surface area contributed by atoms with Crippen LogP contribution in [0.1, 0.15) is 5.56 Å². The van der Waals surface area contributed by atoms with E-state index in [0.717, 1.165) is 4.47 Å². The summed E-state index contributed by atoms with van der Waals surface area (Å²) in [5, 5.41) is 12.6. The fourth-order valence-corrected chi connectivity index (χ4v) is 2.30. The summed E-state index contributed by atoms with van der Waals surface area (Å²) in [5.41, 5.74) is 1.22. The van der Waals surface area contributed by atoms with Gasteiger partial charge in [-0.3, -0.25) is 0 Å². The Balaban J connectivity index is 2.14. The molecule has 0 atom stereocenters. The molecule has 0 aromatic heterocycles. The van der Waals surface area contributed by atoms with Crippen molar-refractivity contribution in [2.75, 3.05) is 5.32 Å². The molecule has 2 rings (SSSR count). The van der Waals surface area contributed by atoms with Crippen LogP contribution in [0.4, 0.5) is 14.5 Å². The highest BCUT2D eigenvalue weighted by atomic mass is 79.9. The molecule has 0 heterocycles. The lowest BCUT2D eigenvalue weighted by Gasteiger charge is -2.13. The predicted octanol–water partition coefficient (Wildman–Crippen LogP) is 5.02. The summed E-state index contributed by atoms with van der Waals surface area (Å²) in [6.07, 6.45) is 0. The van der Waals surface area contributed by atoms with Crippen LogP contribution in [-0.4, -0.2) is 11.7 Å². The first kappa shape index (κ1) is 15.9. The van der Waals surface area contributed by atoms with E-state index in [-0.39, 0.29) is 23.1 Å². The van der Waals surface area contributed by atoms with Crippen LogP contribution in [0, 0.1) is 0 Å². The molecular weight excluding hydrogens is 368 g/mol. The number of benzene rings is 2. The van der Waals surface area contributed by atoms with Gasteiger partial charge in [0.05, 0.1) is 5.02 Å². The van der Waals surface area contributed by atoms with Crippen molar-refractivity contribution < 1.29 is 18.6 Å². The minimum Gasteiger partial charge on any atom is -0.506 e. The quantitative estimate of drug-likeness (QED) is 0.718. The second kappa shape index (κ2) is 6.95. The molecule has 2 aromatic rings. The van der Waals surface area contributed by atoms with Gasteiger partial charge in [0.2, 0.25) is 0 Å². The van der Waals surface area contributed by atoms with Crippen molar-refractivity contribution in [2.24, 2.45) is 0 Å². The molecule has 112 valence electrons. The van der Waals surface area contributed by atoms with Crippen molar-refractivity contribution >= 4 is 33.2 Å². The molecule has 2 N–H and O–H groups in total. The number of aromatic hydroxyl groups is 1. The second-order valence-electron chi connectivity index (χ2n) is 4.15. The monoisotopic (exact) mass is 377 g/mol. The van der Waals surface area contributed by atoms with Crippen LogP contribution in [0.5, 0.6) is 11.5 Å². The van der Waals surface area contributed by atoms with Crippen LogP contribution in [0.15, 0.2) is 40.9 Å². The number of rotatable bonds is 5. The van der Waals surface area contributed by atoms with Crippen LogP contribution in [0.25, 0.3) is 0 Å². The van der Waals surface area contributed by atoms with Crippen LogP contribution in [0.3, 0.4) is 0 Å². The summed E-state index contributed by atoms with van der Waals surface area (Å²) in [7, 11) is 0. The third kappa shape index (κ3) is 4.47. The number of ether oxygens (including phenoxy) is 1. The van der Waals surface area contributed by atoms with Gasteiger partial charge in [-0.2, -0.15) is 8.78 Å². The van der Waals surface area contributed by atoms with E-state index in [2.05, 4.69) is 26.0 Å². The second-order valence-corrected chi connectivity index (χ2v) is 5.47. The minimum absolute atomic E-state index is 0.0219. The summed E-state index contributed by atoms with van der Waals surface area (Å²) >= 11 is 9.08. The largest absolute Gasteiger partial charge is 0.506 e. The molecule has 0 saturated heterocycles. The molecule has 0 aliphatic carbocycles. The number of hydrogen-bond donors (Lipinski definition) is 2. The van der Waals surface area contributed by atoms with E-state index in [9.17, 15) is 13.9 Å². The zero-order valence-corrected chi connectivity index (χ0v) is 13.0. The molecule has 0 fully saturated rings.